The maximum absolute atomic E-state index is 13.1. The predicted octanol–water partition coefficient (Wildman–Crippen LogP) is 2.30. The van der Waals surface area contributed by atoms with Crippen molar-refractivity contribution in [2.75, 3.05) is 6.54 Å². The predicted molar refractivity (Wildman–Crippen MR) is 76.5 cm³/mol. The molecule has 1 unspecified atom stereocenters. The van der Waals surface area contributed by atoms with Crippen LogP contribution in [-0.4, -0.2) is 22.7 Å². The molecule has 110 valence electrons. The van der Waals surface area contributed by atoms with E-state index < -0.39 is 17.8 Å². The van der Waals surface area contributed by atoms with Gasteiger partial charge in [0.15, 0.2) is 0 Å². The molecule has 2 aromatic rings. The van der Waals surface area contributed by atoms with Gasteiger partial charge in [0.25, 0.3) is 5.91 Å². The first kappa shape index (κ1) is 15.0. The van der Waals surface area contributed by atoms with Crippen LogP contribution in [0.2, 0.25) is 0 Å². The van der Waals surface area contributed by atoms with Crippen molar-refractivity contribution < 1.29 is 19.4 Å². The number of amides is 1. The van der Waals surface area contributed by atoms with Gasteiger partial charge in [-0.1, -0.05) is 18.2 Å². The Labute approximate surface area is 121 Å². The van der Waals surface area contributed by atoms with E-state index in [1.807, 2.05) is 0 Å². The van der Waals surface area contributed by atoms with Gasteiger partial charge in [0.05, 0.1) is 11.7 Å². The molecule has 0 aliphatic carbocycles. The highest BCUT2D eigenvalue weighted by Crippen LogP contribution is 2.19. The first-order valence-electron chi connectivity index (χ1n) is 6.48. The van der Waals surface area contributed by atoms with Gasteiger partial charge in [-0.2, -0.15) is 0 Å². The Kier molecular flexibility index (Phi) is 4.55. The maximum atomic E-state index is 13.1. The van der Waals surface area contributed by atoms with Crippen molar-refractivity contribution in [3.63, 3.8) is 0 Å². The lowest BCUT2D eigenvalue weighted by atomic mass is 10.1. The second-order valence-electron chi connectivity index (χ2n) is 4.80. The third-order valence-electron chi connectivity index (χ3n) is 3.09. The van der Waals surface area contributed by atoms with E-state index in [-0.39, 0.29) is 17.9 Å². The van der Waals surface area contributed by atoms with Crippen LogP contribution >= 0.6 is 0 Å². The molecule has 3 N–H and O–H groups in total. The van der Waals surface area contributed by atoms with E-state index in [1.54, 1.807) is 19.1 Å². The maximum Gasteiger partial charge on any atom is 0.255 e. The van der Waals surface area contributed by atoms with Crippen molar-refractivity contribution >= 4 is 5.91 Å². The highest BCUT2D eigenvalue weighted by Gasteiger charge is 2.14. The Hall–Kier alpha value is -2.40. The Bertz CT molecular complexity index is 658. The molecular weight excluding hydrogens is 273 g/mol. The normalized spacial score (nSPS) is 12.0. The van der Waals surface area contributed by atoms with Crippen molar-refractivity contribution in [1.29, 1.82) is 0 Å². The molecule has 1 amide bonds. The lowest BCUT2D eigenvalue weighted by Crippen LogP contribution is -2.28. The second kappa shape index (κ2) is 6.37. The van der Waals surface area contributed by atoms with Gasteiger partial charge in [-0.15, -0.1) is 0 Å². The number of aliphatic hydroxyl groups excluding tert-OH is 1. The number of halogens is 1. The molecule has 0 saturated heterocycles. The monoisotopic (exact) mass is 289 g/mol. The van der Waals surface area contributed by atoms with Crippen molar-refractivity contribution in [1.82, 2.24) is 5.32 Å². The average Bonchev–Trinajstić information content (AvgIpc) is 2.44. The number of phenolic OH excluding ortho intramolecular Hbond substituents is 1. The summed E-state index contributed by atoms with van der Waals surface area (Å²) in [7, 11) is 0. The van der Waals surface area contributed by atoms with Crippen molar-refractivity contribution in [2.45, 2.75) is 13.0 Å². The number of carbonyl (C=O) groups is 1. The molecular formula is C16H16FNO3. The molecule has 5 heteroatoms. The van der Waals surface area contributed by atoms with Gasteiger partial charge in [0, 0.05) is 6.54 Å². The molecule has 0 aromatic heterocycles. The van der Waals surface area contributed by atoms with Gasteiger partial charge in [-0.3, -0.25) is 4.79 Å². The van der Waals surface area contributed by atoms with Crippen LogP contribution in [0.1, 0.15) is 27.6 Å². The van der Waals surface area contributed by atoms with E-state index in [2.05, 4.69) is 5.32 Å². The summed E-state index contributed by atoms with van der Waals surface area (Å²) in [5.74, 6) is -1.07. The fourth-order valence-electron chi connectivity index (χ4n) is 1.95. The number of aryl methyl sites for hydroxylation is 1. The number of phenols is 1. The zero-order valence-corrected chi connectivity index (χ0v) is 11.5. The number of nitrogens with one attached hydrogen (secondary N) is 1. The molecule has 4 nitrogen and oxygen atoms in total. The molecule has 0 bridgehead atoms. The zero-order chi connectivity index (χ0) is 15.4. The van der Waals surface area contributed by atoms with Gasteiger partial charge in [-0.25, -0.2) is 4.39 Å². The minimum Gasteiger partial charge on any atom is -0.507 e. The molecule has 1 atom stereocenters. The minimum absolute atomic E-state index is 0.0738. The smallest absolute Gasteiger partial charge is 0.255 e. The molecule has 0 saturated carbocycles. The molecule has 0 fully saturated rings. The molecule has 0 aliphatic heterocycles. The van der Waals surface area contributed by atoms with Gasteiger partial charge in [0.1, 0.15) is 11.6 Å². The molecule has 21 heavy (non-hydrogen) atoms. The summed E-state index contributed by atoms with van der Waals surface area (Å²) in [6.45, 7) is 1.73. The van der Waals surface area contributed by atoms with Crippen LogP contribution in [-0.2, 0) is 0 Å². The van der Waals surface area contributed by atoms with E-state index >= 15 is 0 Å². The van der Waals surface area contributed by atoms with E-state index in [0.29, 0.717) is 5.56 Å². The molecule has 0 spiro atoms. The number of aromatic hydroxyl groups is 1. The van der Waals surface area contributed by atoms with Crippen LogP contribution in [0.15, 0.2) is 42.5 Å². The van der Waals surface area contributed by atoms with Gasteiger partial charge < -0.3 is 15.5 Å². The molecule has 2 aromatic carbocycles. The highest BCUT2D eigenvalue weighted by molar-refractivity contribution is 5.96. The zero-order valence-electron chi connectivity index (χ0n) is 11.5. The summed E-state index contributed by atoms with van der Waals surface area (Å²) in [6, 6.07) is 10.2. The van der Waals surface area contributed by atoms with Crippen molar-refractivity contribution in [3.05, 3.63) is 65.0 Å². The van der Waals surface area contributed by atoms with E-state index in [4.69, 9.17) is 0 Å². The van der Waals surface area contributed by atoms with E-state index in [0.717, 1.165) is 5.56 Å². The summed E-state index contributed by atoms with van der Waals surface area (Å²) in [4.78, 5) is 11.9. The van der Waals surface area contributed by atoms with Crippen LogP contribution in [0, 0.1) is 12.7 Å². The number of rotatable bonds is 4. The Morgan fingerprint density at radius 2 is 2.05 bits per heavy atom. The minimum atomic E-state index is -1.02. The molecule has 2 rings (SSSR count). The highest BCUT2D eigenvalue weighted by atomic mass is 19.1. The summed E-state index contributed by atoms with van der Waals surface area (Å²) >= 11 is 0. The molecule has 0 aliphatic rings. The van der Waals surface area contributed by atoms with Gasteiger partial charge in [0.2, 0.25) is 0 Å². The molecule has 0 heterocycles. The van der Waals surface area contributed by atoms with E-state index in [9.17, 15) is 19.4 Å². The summed E-state index contributed by atoms with van der Waals surface area (Å²) in [5, 5.41) is 22.1. The van der Waals surface area contributed by atoms with Crippen LogP contribution in [0.5, 0.6) is 5.75 Å². The number of benzene rings is 2. The van der Waals surface area contributed by atoms with Crippen LogP contribution < -0.4 is 5.32 Å². The first-order valence-corrected chi connectivity index (χ1v) is 6.48. The fourth-order valence-corrected chi connectivity index (χ4v) is 1.95. The Morgan fingerprint density at radius 3 is 2.71 bits per heavy atom. The first-order chi connectivity index (χ1) is 9.97. The second-order valence-corrected chi connectivity index (χ2v) is 4.80. The molecule has 0 radical (unpaired) electrons. The van der Waals surface area contributed by atoms with Crippen LogP contribution in [0.25, 0.3) is 0 Å². The van der Waals surface area contributed by atoms with Gasteiger partial charge >= 0.3 is 0 Å². The summed E-state index contributed by atoms with van der Waals surface area (Å²) < 4.78 is 13.1. The number of hydrogen-bond donors (Lipinski definition) is 3. The van der Waals surface area contributed by atoms with Crippen LogP contribution in [0.3, 0.4) is 0 Å². The third-order valence-corrected chi connectivity index (χ3v) is 3.09. The van der Waals surface area contributed by atoms with Crippen molar-refractivity contribution in [3.8, 4) is 5.75 Å². The van der Waals surface area contributed by atoms with E-state index in [1.165, 1.54) is 30.3 Å². The Balaban J connectivity index is 2.00. The van der Waals surface area contributed by atoms with Crippen molar-refractivity contribution in [2.24, 2.45) is 0 Å². The quantitative estimate of drug-likeness (QED) is 0.809. The Morgan fingerprint density at radius 1 is 1.29 bits per heavy atom. The fraction of sp³-hybridized carbons (Fsp3) is 0.188. The SMILES string of the molecule is Cc1ccc(C(=O)NCC(O)c2cccc(F)c2)c(O)c1. The topological polar surface area (TPSA) is 69.6 Å². The lowest BCUT2D eigenvalue weighted by molar-refractivity contribution is 0.0913. The number of carbonyl (C=O) groups excluding carboxylic acids is 1. The third kappa shape index (κ3) is 3.79. The standard InChI is InChI=1S/C16H16FNO3/c1-10-5-6-13(14(19)7-10)16(21)18-9-15(20)11-3-2-4-12(17)8-11/h2-8,15,19-20H,9H2,1H3,(H,18,21). The largest absolute Gasteiger partial charge is 0.507 e. The number of hydrogen-bond acceptors (Lipinski definition) is 3. The lowest BCUT2D eigenvalue weighted by Gasteiger charge is -2.13. The summed E-state index contributed by atoms with van der Waals surface area (Å²) in [5.41, 5.74) is 1.35. The van der Waals surface area contributed by atoms with Crippen LogP contribution in [0.4, 0.5) is 4.39 Å². The number of aliphatic hydroxyl groups is 1. The average molecular weight is 289 g/mol. The summed E-state index contributed by atoms with van der Waals surface area (Å²) in [6.07, 6.45) is -1.02. The van der Waals surface area contributed by atoms with Gasteiger partial charge in [-0.05, 0) is 42.3 Å².